The lowest BCUT2D eigenvalue weighted by atomic mass is 10.0. The predicted octanol–water partition coefficient (Wildman–Crippen LogP) is 6.97. The highest BCUT2D eigenvalue weighted by molar-refractivity contribution is 6.76. The van der Waals surface area contributed by atoms with Gasteiger partial charge in [-0.1, -0.05) is 70.7 Å². The molecular formula is C27H46N2O3Si2. The summed E-state index contributed by atoms with van der Waals surface area (Å²) >= 11 is 0. The van der Waals surface area contributed by atoms with Crippen molar-refractivity contribution in [2.45, 2.75) is 97.0 Å². The quantitative estimate of drug-likeness (QED) is 0.159. The first kappa shape index (κ1) is 28.7. The third-order valence-corrected chi connectivity index (χ3v) is 12.9. The molecule has 0 fully saturated rings. The van der Waals surface area contributed by atoms with E-state index in [-0.39, 0.29) is 10.8 Å². The van der Waals surface area contributed by atoms with Crippen molar-refractivity contribution in [2.24, 2.45) is 0 Å². The summed E-state index contributed by atoms with van der Waals surface area (Å²) in [5.74, 6) is 0.110. The van der Waals surface area contributed by atoms with Crippen LogP contribution in [0.15, 0.2) is 36.5 Å². The van der Waals surface area contributed by atoms with Crippen LogP contribution in [0, 0.1) is 0 Å². The second-order valence-corrected chi connectivity index (χ2v) is 22.4. The topological polar surface area (TPSA) is 53.4 Å². The molecule has 0 bridgehead atoms. The Labute approximate surface area is 209 Å². The van der Waals surface area contributed by atoms with Gasteiger partial charge in [-0.3, -0.25) is 4.79 Å². The fourth-order valence-corrected chi connectivity index (χ4v) is 5.13. The molecule has 0 amide bonds. The molecule has 1 aromatic heterocycles. The average Bonchev–Trinajstić information content (AvgIpc) is 3.13. The third kappa shape index (κ3) is 9.60. The largest absolute Gasteiger partial charge is 0.416 e. The molecule has 190 valence electrons. The number of nitrogens with zero attached hydrogens (tertiary/aromatic N) is 2. The standard InChI is InChI=1S/C27H46N2O3Si2/c1-27(2,3)34(7,8)32-18-17-24-21-29(22-31-19-20-33(4,5)6)28-26(24)25(30)16-12-15-23-13-10-9-11-14-23/h9-11,13-14,21H,12,15-20,22H2,1-8H3. The van der Waals surface area contributed by atoms with Crippen LogP contribution in [-0.2, 0) is 28.7 Å². The summed E-state index contributed by atoms with van der Waals surface area (Å²) in [4.78, 5) is 13.1. The van der Waals surface area contributed by atoms with Gasteiger partial charge in [0, 0.05) is 39.5 Å². The number of hydrogen-bond acceptors (Lipinski definition) is 4. The molecule has 1 heterocycles. The maximum absolute atomic E-state index is 13.1. The summed E-state index contributed by atoms with van der Waals surface area (Å²) in [6.07, 6.45) is 4.90. The summed E-state index contributed by atoms with van der Waals surface area (Å²) in [5, 5.41) is 4.81. The Morgan fingerprint density at radius 1 is 1.00 bits per heavy atom. The van der Waals surface area contributed by atoms with Gasteiger partial charge in [0.25, 0.3) is 0 Å². The average molecular weight is 503 g/mol. The van der Waals surface area contributed by atoms with E-state index in [0.717, 1.165) is 31.1 Å². The minimum Gasteiger partial charge on any atom is -0.416 e. The Bertz CT molecular complexity index is 897. The lowest BCUT2D eigenvalue weighted by Crippen LogP contribution is -2.41. The summed E-state index contributed by atoms with van der Waals surface area (Å²) in [7, 11) is -2.97. The number of ether oxygens (including phenoxy) is 1. The molecule has 0 atom stereocenters. The Hall–Kier alpha value is -1.55. The monoisotopic (exact) mass is 502 g/mol. The van der Waals surface area contributed by atoms with Gasteiger partial charge in [-0.05, 0) is 49.0 Å². The number of rotatable bonds is 14. The highest BCUT2D eigenvalue weighted by Crippen LogP contribution is 2.36. The van der Waals surface area contributed by atoms with Crippen molar-refractivity contribution in [1.82, 2.24) is 9.78 Å². The molecule has 1 aromatic carbocycles. The van der Waals surface area contributed by atoms with Crippen LogP contribution >= 0.6 is 0 Å². The first-order valence-corrected chi connectivity index (χ1v) is 19.3. The van der Waals surface area contributed by atoms with Crippen molar-refractivity contribution in [2.75, 3.05) is 13.2 Å². The molecule has 0 N–H and O–H groups in total. The summed E-state index contributed by atoms with van der Waals surface area (Å²) in [6, 6.07) is 11.4. The minimum absolute atomic E-state index is 0.110. The second-order valence-electron chi connectivity index (χ2n) is 12.0. The Morgan fingerprint density at radius 3 is 2.29 bits per heavy atom. The number of carbonyl (C=O) groups is 1. The smallest absolute Gasteiger partial charge is 0.191 e. The van der Waals surface area contributed by atoms with Crippen LogP contribution in [0.4, 0.5) is 0 Å². The zero-order valence-corrected chi connectivity index (χ0v) is 24.7. The van der Waals surface area contributed by atoms with E-state index < -0.39 is 16.4 Å². The molecule has 0 unspecified atom stereocenters. The van der Waals surface area contributed by atoms with Gasteiger partial charge in [0.2, 0.25) is 0 Å². The van der Waals surface area contributed by atoms with Crippen molar-refractivity contribution in [3.63, 3.8) is 0 Å². The molecule has 2 aromatic rings. The molecule has 0 saturated heterocycles. The summed E-state index contributed by atoms with van der Waals surface area (Å²) < 4.78 is 14.1. The van der Waals surface area contributed by atoms with Crippen LogP contribution in [0.3, 0.4) is 0 Å². The molecule has 0 aliphatic heterocycles. The molecule has 0 radical (unpaired) electrons. The highest BCUT2D eigenvalue weighted by atomic mass is 28.4. The first-order valence-electron chi connectivity index (χ1n) is 12.6. The van der Waals surface area contributed by atoms with E-state index in [9.17, 15) is 4.79 Å². The van der Waals surface area contributed by atoms with Gasteiger partial charge in [0.15, 0.2) is 14.1 Å². The van der Waals surface area contributed by atoms with E-state index in [1.165, 1.54) is 5.56 Å². The van der Waals surface area contributed by atoms with Crippen LogP contribution in [-0.4, -0.2) is 45.2 Å². The van der Waals surface area contributed by atoms with E-state index in [0.29, 0.717) is 31.9 Å². The normalized spacial score (nSPS) is 12.8. The molecule has 0 aliphatic rings. The number of ketones is 1. The van der Waals surface area contributed by atoms with Gasteiger partial charge in [0.1, 0.15) is 12.4 Å². The Kier molecular flexibility index (Phi) is 10.5. The highest BCUT2D eigenvalue weighted by Gasteiger charge is 2.37. The zero-order chi connectivity index (χ0) is 25.4. The van der Waals surface area contributed by atoms with Crippen LogP contribution in [0.2, 0.25) is 43.8 Å². The van der Waals surface area contributed by atoms with Crippen molar-refractivity contribution in [1.29, 1.82) is 0 Å². The lowest BCUT2D eigenvalue weighted by Gasteiger charge is -2.36. The van der Waals surface area contributed by atoms with E-state index in [2.05, 4.69) is 70.7 Å². The molecule has 0 saturated carbocycles. The van der Waals surface area contributed by atoms with Gasteiger partial charge in [-0.15, -0.1) is 0 Å². The molecule has 7 heteroatoms. The van der Waals surface area contributed by atoms with Gasteiger partial charge >= 0.3 is 0 Å². The molecule has 34 heavy (non-hydrogen) atoms. The van der Waals surface area contributed by atoms with E-state index in [4.69, 9.17) is 9.16 Å². The van der Waals surface area contributed by atoms with Gasteiger partial charge in [-0.2, -0.15) is 5.10 Å². The molecule has 0 aliphatic carbocycles. The van der Waals surface area contributed by atoms with E-state index >= 15 is 0 Å². The minimum atomic E-state index is -1.83. The van der Waals surface area contributed by atoms with E-state index in [1.807, 2.05) is 24.4 Å². The number of aryl methyl sites for hydroxylation is 1. The number of hydrogen-bond donors (Lipinski definition) is 0. The number of benzene rings is 1. The van der Waals surface area contributed by atoms with Crippen LogP contribution in [0.25, 0.3) is 0 Å². The van der Waals surface area contributed by atoms with Crippen molar-refractivity contribution < 1.29 is 14.0 Å². The molecule has 5 nitrogen and oxygen atoms in total. The lowest BCUT2D eigenvalue weighted by molar-refractivity contribution is 0.0777. The number of Topliss-reactive ketones (excluding diaryl/α,β-unsaturated/α-hetero) is 1. The van der Waals surface area contributed by atoms with Crippen LogP contribution < -0.4 is 0 Å². The number of carbonyl (C=O) groups excluding carboxylic acids is 1. The van der Waals surface area contributed by atoms with Crippen LogP contribution in [0.1, 0.15) is 55.2 Å². The zero-order valence-electron chi connectivity index (χ0n) is 22.7. The number of aromatic nitrogens is 2. The Morgan fingerprint density at radius 2 is 1.68 bits per heavy atom. The van der Waals surface area contributed by atoms with Gasteiger partial charge < -0.3 is 9.16 Å². The van der Waals surface area contributed by atoms with Gasteiger partial charge in [-0.25, -0.2) is 4.68 Å². The van der Waals surface area contributed by atoms with E-state index in [1.54, 1.807) is 4.68 Å². The second kappa shape index (κ2) is 12.4. The van der Waals surface area contributed by atoms with Crippen molar-refractivity contribution >= 4 is 22.2 Å². The van der Waals surface area contributed by atoms with Crippen LogP contribution in [0.5, 0.6) is 0 Å². The fraction of sp³-hybridized carbons (Fsp3) is 0.630. The maximum Gasteiger partial charge on any atom is 0.191 e. The summed E-state index contributed by atoms with van der Waals surface area (Å²) in [6.45, 7) is 20.0. The Balaban J connectivity index is 2.02. The van der Waals surface area contributed by atoms with Crippen molar-refractivity contribution in [3.05, 3.63) is 53.3 Å². The van der Waals surface area contributed by atoms with Crippen molar-refractivity contribution in [3.8, 4) is 0 Å². The molecule has 0 spiro atoms. The molecule has 2 rings (SSSR count). The predicted molar refractivity (Wildman–Crippen MR) is 147 cm³/mol. The maximum atomic E-state index is 13.1. The fourth-order valence-electron chi connectivity index (χ4n) is 3.33. The van der Waals surface area contributed by atoms with Gasteiger partial charge in [0.05, 0.1) is 0 Å². The molecular weight excluding hydrogens is 456 g/mol. The summed E-state index contributed by atoms with van der Waals surface area (Å²) in [5.41, 5.74) is 2.82. The third-order valence-electron chi connectivity index (χ3n) is 6.67. The SMILES string of the molecule is CC(C)(C)[Si](C)(C)OCCc1cn(COCC[Si](C)(C)C)nc1C(=O)CCCc1ccccc1. The first-order chi connectivity index (χ1) is 15.8.